The molecule has 0 radical (unpaired) electrons. The number of aliphatic hydroxyl groups excluding tert-OH is 1. The summed E-state index contributed by atoms with van der Waals surface area (Å²) in [6, 6.07) is 1.98. The van der Waals surface area contributed by atoms with Gasteiger partial charge in [0.05, 0.1) is 6.10 Å². The zero-order valence-corrected chi connectivity index (χ0v) is 9.95. The van der Waals surface area contributed by atoms with Gasteiger partial charge in [-0.05, 0) is 52.6 Å². The Balaban J connectivity index is 1.65. The molecule has 0 aromatic carbocycles. The van der Waals surface area contributed by atoms with E-state index in [0.29, 0.717) is 18.1 Å². The van der Waals surface area contributed by atoms with E-state index in [2.05, 4.69) is 24.1 Å². The van der Waals surface area contributed by atoms with Crippen LogP contribution >= 0.6 is 0 Å². The van der Waals surface area contributed by atoms with Crippen molar-refractivity contribution in [3.63, 3.8) is 0 Å². The molecule has 1 aliphatic heterocycles. The lowest BCUT2D eigenvalue weighted by Gasteiger charge is -2.40. The summed E-state index contributed by atoms with van der Waals surface area (Å²) in [6.07, 6.45) is 4.43. The van der Waals surface area contributed by atoms with Crippen molar-refractivity contribution in [2.75, 3.05) is 13.1 Å². The Morgan fingerprint density at radius 1 is 1.13 bits per heavy atom. The van der Waals surface area contributed by atoms with Gasteiger partial charge in [0.2, 0.25) is 0 Å². The maximum Gasteiger partial charge on any atom is 0.0570 e. The van der Waals surface area contributed by atoms with Crippen LogP contribution < -0.4 is 5.32 Å². The van der Waals surface area contributed by atoms with Gasteiger partial charge in [0.15, 0.2) is 0 Å². The molecule has 88 valence electrons. The van der Waals surface area contributed by atoms with Gasteiger partial charge in [0, 0.05) is 18.1 Å². The Kier molecular flexibility index (Phi) is 3.65. The molecule has 2 fully saturated rings. The van der Waals surface area contributed by atoms with E-state index in [1.165, 1.54) is 25.9 Å². The first kappa shape index (κ1) is 11.4. The molecule has 1 saturated carbocycles. The number of aliphatic hydroxyl groups is 1. The third kappa shape index (κ3) is 2.92. The standard InChI is InChI=1S/C12H24N2O/c1-9(2)14-5-3-10(4-6-14)13-11-7-12(15)8-11/h9-13,15H,3-8H2,1-2H3/t11-,12-. The predicted molar refractivity (Wildman–Crippen MR) is 61.9 cm³/mol. The van der Waals surface area contributed by atoms with E-state index in [1.807, 2.05) is 0 Å². The third-order valence-corrected chi connectivity index (χ3v) is 3.84. The highest BCUT2D eigenvalue weighted by atomic mass is 16.3. The van der Waals surface area contributed by atoms with Gasteiger partial charge in [-0.1, -0.05) is 0 Å². The first-order valence-corrected chi connectivity index (χ1v) is 6.33. The van der Waals surface area contributed by atoms with E-state index in [1.54, 1.807) is 0 Å². The van der Waals surface area contributed by atoms with Crippen molar-refractivity contribution in [2.45, 2.75) is 63.8 Å². The lowest BCUT2D eigenvalue weighted by Crippen LogP contribution is -2.52. The fourth-order valence-electron chi connectivity index (χ4n) is 2.64. The topological polar surface area (TPSA) is 35.5 Å². The van der Waals surface area contributed by atoms with E-state index in [0.717, 1.165) is 12.8 Å². The Hall–Kier alpha value is -0.120. The molecule has 0 bridgehead atoms. The summed E-state index contributed by atoms with van der Waals surface area (Å²) in [6.45, 7) is 7.00. The van der Waals surface area contributed by atoms with E-state index >= 15 is 0 Å². The summed E-state index contributed by atoms with van der Waals surface area (Å²) in [5.41, 5.74) is 0. The second kappa shape index (κ2) is 4.81. The van der Waals surface area contributed by atoms with E-state index in [9.17, 15) is 5.11 Å². The van der Waals surface area contributed by atoms with Crippen LogP contribution in [-0.4, -0.2) is 47.3 Å². The second-order valence-electron chi connectivity index (χ2n) is 5.39. The fraction of sp³-hybridized carbons (Fsp3) is 1.00. The Morgan fingerprint density at radius 2 is 1.73 bits per heavy atom. The molecule has 1 aliphatic carbocycles. The van der Waals surface area contributed by atoms with Gasteiger partial charge in [0.1, 0.15) is 0 Å². The average Bonchev–Trinajstić information content (AvgIpc) is 2.16. The summed E-state index contributed by atoms with van der Waals surface area (Å²) in [7, 11) is 0. The first-order valence-electron chi connectivity index (χ1n) is 6.33. The number of nitrogens with zero attached hydrogens (tertiary/aromatic N) is 1. The molecule has 0 spiro atoms. The minimum Gasteiger partial charge on any atom is -0.393 e. The molecule has 3 nitrogen and oxygen atoms in total. The van der Waals surface area contributed by atoms with Crippen LogP contribution in [0.4, 0.5) is 0 Å². The molecule has 0 unspecified atom stereocenters. The Labute approximate surface area is 92.8 Å². The van der Waals surface area contributed by atoms with Crippen molar-refractivity contribution in [3.8, 4) is 0 Å². The summed E-state index contributed by atoms with van der Waals surface area (Å²) in [4.78, 5) is 2.55. The van der Waals surface area contributed by atoms with Crippen molar-refractivity contribution in [1.29, 1.82) is 0 Å². The van der Waals surface area contributed by atoms with Crippen LogP contribution in [0.1, 0.15) is 39.5 Å². The zero-order chi connectivity index (χ0) is 10.8. The van der Waals surface area contributed by atoms with Crippen molar-refractivity contribution in [2.24, 2.45) is 0 Å². The maximum atomic E-state index is 9.21. The number of nitrogens with one attached hydrogen (secondary N) is 1. The minimum absolute atomic E-state index is 0.0294. The molecule has 0 aromatic rings. The molecule has 0 aromatic heterocycles. The van der Waals surface area contributed by atoms with Crippen molar-refractivity contribution in [3.05, 3.63) is 0 Å². The van der Waals surface area contributed by atoms with Gasteiger partial charge in [-0.15, -0.1) is 0 Å². The van der Waals surface area contributed by atoms with Crippen molar-refractivity contribution in [1.82, 2.24) is 10.2 Å². The number of rotatable bonds is 3. The lowest BCUT2D eigenvalue weighted by atomic mass is 9.88. The molecule has 1 heterocycles. The smallest absolute Gasteiger partial charge is 0.0570 e. The SMILES string of the molecule is CC(C)N1CCC(N[C@H]2C[C@H](O)C2)CC1. The largest absolute Gasteiger partial charge is 0.393 e. The highest BCUT2D eigenvalue weighted by Crippen LogP contribution is 2.22. The van der Waals surface area contributed by atoms with Crippen LogP contribution in [0.3, 0.4) is 0 Å². The third-order valence-electron chi connectivity index (χ3n) is 3.84. The molecule has 1 saturated heterocycles. The molecule has 2 N–H and O–H groups in total. The van der Waals surface area contributed by atoms with E-state index in [4.69, 9.17) is 0 Å². The first-order chi connectivity index (χ1) is 7.15. The van der Waals surface area contributed by atoms with Crippen LogP contribution in [0.25, 0.3) is 0 Å². The summed E-state index contributed by atoms with van der Waals surface area (Å²) < 4.78 is 0. The van der Waals surface area contributed by atoms with Crippen molar-refractivity contribution < 1.29 is 5.11 Å². The highest BCUT2D eigenvalue weighted by Gasteiger charge is 2.30. The van der Waals surface area contributed by atoms with Crippen molar-refractivity contribution >= 4 is 0 Å². The highest BCUT2D eigenvalue weighted by molar-refractivity contribution is 4.89. The van der Waals surface area contributed by atoms with Crippen LogP contribution in [0.5, 0.6) is 0 Å². The number of hydrogen-bond acceptors (Lipinski definition) is 3. The van der Waals surface area contributed by atoms with Crippen LogP contribution in [0.15, 0.2) is 0 Å². The quantitative estimate of drug-likeness (QED) is 0.732. The monoisotopic (exact) mass is 212 g/mol. The van der Waals surface area contributed by atoms with Gasteiger partial charge < -0.3 is 15.3 Å². The molecule has 0 amide bonds. The molecular weight excluding hydrogens is 188 g/mol. The summed E-state index contributed by atoms with van der Waals surface area (Å²) in [5.74, 6) is 0. The van der Waals surface area contributed by atoms with Gasteiger partial charge >= 0.3 is 0 Å². The van der Waals surface area contributed by atoms with Crippen LogP contribution in [0, 0.1) is 0 Å². The Bertz CT molecular complexity index is 194. The lowest BCUT2D eigenvalue weighted by molar-refractivity contribution is 0.0507. The zero-order valence-electron chi connectivity index (χ0n) is 9.95. The molecule has 2 aliphatic rings. The van der Waals surface area contributed by atoms with Crippen LogP contribution in [-0.2, 0) is 0 Å². The van der Waals surface area contributed by atoms with Gasteiger partial charge in [-0.25, -0.2) is 0 Å². The summed E-state index contributed by atoms with van der Waals surface area (Å²) in [5, 5.41) is 12.9. The normalized spacial score (nSPS) is 34.4. The minimum atomic E-state index is -0.0294. The number of hydrogen-bond donors (Lipinski definition) is 2. The molecule has 15 heavy (non-hydrogen) atoms. The van der Waals surface area contributed by atoms with Gasteiger partial charge in [-0.2, -0.15) is 0 Å². The van der Waals surface area contributed by atoms with Crippen LogP contribution in [0.2, 0.25) is 0 Å². The molecule has 3 heteroatoms. The molecule has 0 atom stereocenters. The summed E-state index contributed by atoms with van der Waals surface area (Å²) >= 11 is 0. The van der Waals surface area contributed by atoms with Gasteiger partial charge in [0.25, 0.3) is 0 Å². The molecule has 2 rings (SSSR count). The van der Waals surface area contributed by atoms with E-state index < -0.39 is 0 Å². The number of likely N-dealkylation sites (tertiary alicyclic amines) is 1. The average molecular weight is 212 g/mol. The van der Waals surface area contributed by atoms with Gasteiger partial charge in [-0.3, -0.25) is 0 Å². The molecular formula is C12H24N2O. The predicted octanol–water partition coefficient (Wildman–Crippen LogP) is 0.972. The van der Waals surface area contributed by atoms with E-state index in [-0.39, 0.29) is 6.10 Å². The second-order valence-corrected chi connectivity index (χ2v) is 5.39. The fourth-order valence-corrected chi connectivity index (χ4v) is 2.64. The maximum absolute atomic E-state index is 9.21. The number of piperidine rings is 1. The Morgan fingerprint density at radius 3 is 2.20 bits per heavy atom.